The first-order chi connectivity index (χ1) is 11.6. The van der Waals surface area contributed by atoms with Crippen LogP contribution in [0.5, 0.6) is 0 Å². The average Bonchev–Trinajstić information content (AvgIpc) is 3.01. The molecule has 0 saturated heterocycles. The molecule has 2 N–H and O–H groups in total. The highest BCUT2D eigenvalue weighted by Crippen LogP contribution is 2.22. The summed E-state index contributed by atoms with van der Waals surface area (Å²) in [6, 6.07) is 3.54. The molecule has 3 heterocycles. The fraction of sp³-hybridized carbons (Fsp3) is 0.429. The largest absolute Gasteiger partial charge is 0.511 e. The number of nitrogens with zero attached hydrogens (tertiary/aromatic N) is 2. The molecule has 0 aliphatic heterocycles. The number of alkyl halides is 3. The molecule has 0 saturated carbocycles. The van der Waals surface area contributed by atoms with E-state index in [1.165, 1.54) is 4.72 Å². The van der Waals surface area contributed by atoms with Crippen molar-refractivity contribution in [3.63, 3.8) is 0 Å². The van der Waals surface area contributed by atoms with Gasteiger partial charge in [0.1, 0.15) is 16.8 Å². The second-order valence-electron chi connectivity index (χ2n) is 5.70. The Morgan fingerprint density at radius 2 is 2.00 bits per heavy atom. The Labute approximate surface area is 140 Å². The number of imidazole rings is 2. The van der Waals surface area contributed by atoms with Crippen molar-refractivity contribution in [3.8, 4) is 0 Å². The monoisotopic (exact) mass is 376 g/mol. The maximum atomic E-state index is 12.2. The molecule has 0 amide bonds. The summed E-state index contributed by atoms with van der Waals surface area (Å²) in [7, 11) is -5.30. The van der Waals surface area contributed by atoms with E-state index in [1.807, 2.05) is 0 Å². The van der Waals surface area contributed by atoms with Gasteiger partial charge in [-0.1, -0.05) is 6.07 Å². The third-order valence-electron chi connectivity index (χ3n) is 3.95. The SMILES string of the molecule is Cc1nc2c(CCCCNS(=O)(=O)C(F)(F)F)ccc3[nH]c(=O)c1n32. The lowest BCUT2D eigenvalue weighted by Gasteiger charge is -2.09. The zero-order chi connectivity index (χ0) is 18.4. The summed E-state index contributed by atoms with van der Waals surface area (Å²) in [5.41, 5.74) is -2.36. The highest BCUT2D eigenvalue weighted by molar-refractivity contribution is 7.90. The number of aromatic nitrogens is 3. The lowest BCUT2D eigenvalue weighted by atomic mass is 10.1. The van der Waals surface area contributed by atoms with Gasteiger partial charge in [0.25, 0.3) is 5.56 Å². The van der Waals surface area contributed by atoms with Gasteiger partial charge >= 0.3 is 15.5 Å². The Balaban J connectivity index is 1.67. The number of pyridine rings is 1. The van der Waals surface area contributed by atoms with Gasteiger partial charge in [-0.25, -0.2) is 18.1 Å². The van der Waals surface area contributed by atoms with Crippen molar-refractivity contribution >= 4 is 26.8 Å². The fourth-order valence-corrected chi connectivity index (χ4v) is 3.35. The summed E-state index contributed by atoms with van der Waals surface area (Å²) < 4.78 is 61.6. The molecule has 0 aliphatic carbocycles. The lowest BCUT2D eigenvalue weighted by molar-refractivity contribution is -0.0447. The number of H-pyrrole nitrogens is 1. The van der Waals surface area contributed by atoms with Crippen molar-refractivity contribution in [3.05, 3.63) is 33.7 Å². The molecular formula is C14H15F3N4O3S. The zero-order valence-corrected chi connectivity index (χ0v) is 14.0. The van der Waals surface area contributed by atoms with Crippen LogP contribution in [0.3, 0.4) is 0 Å². The number of aryl methyl sites for hydroxylation is 2. The van der Waals surface area contributed by atoms with Crippen molar-refractivity contribution < 1.29 is 21.6 Å². The minimum atomic E-state index is -5.30. The normalized spacial score (nSPS) is 13.3. The molecule has 0 fully saturated rings. The van der Waals surface area contributed by atoms with Crippen LogP contribution in [0.4, 0.5) is 13.2 Å². The standard InChI is InChI=1S/C14H15F3N4O3S/c1-8-11-13(22)20-10-6-5-9(12(19-8)21(10)11)4-2-3-7-18-25(23,24)14(15,16)17/h5-6,18H,2-4,7H2,1H3,(H,20,22). The third-order valence-corrected chi connectivity index (χ3v) is 5.14. The first-order valence-corrected chi connectivity index (χ1v) is 8.98. The van der Waals surface area contributed by atoms with Gasteiger partial charge in [0.05, 0.1) is 5.69 Å². The van der Waals surface area contributed by atoms with E-state index in [0.717, 1.165) is 5.56 Å². The molecule has 0 aromatic carbocycles. The number of nitrogens with one attached hydrogen (secondary N) is 2. The molecular weight excluding hydrogens is 361 g/mol. The number of sulfonamides is 1. The molecule has 3 aromatic rings. The van der Waals surface area contributed by atoms with E-state index in [9.17, 15) is 26.4 Å². The quantitative estimate of drug-likeness (QED) is 0.640. The number of unbranched alkanes of at least 4 members (excludes halogenated alkanes) is 1. The van der Waals surface area contributed by atoms with E-state index in [2.05, 4.69) is 9.97 Å². The summed E-state index contributed by atoms with van der Waals surface area (Å²) in [6.45, 7) is 1.43. The van der Waals surface area contributed by atoms with Crippen molar-refractivity contribution in [1.82, 2.24) is 19.1 Å². The highest BCUT2D eigenvalue weighted by atomic mass is 32.2. The molecule has 0 atom stereocenters. The van der Waals surface area contributed by atoms with Gasteiger partial charge in [0, 0.05) is 6.54 Å². The second-order valence-corrected chi connectivity index (χ2v) is 7.46. The molecule has 3 rings (SSSR count). The molecule has 11 heteroatoms. The minimum absolute atomic E-state index is 0.223. The maximum absolute atomic E-state index is 12.2. The van der Waals surface area contributed by atoms with Crippen LogP contribution in [-0.2, 0) is 16.4 Å². The smallest absolute Gasteiger partial charge is 0.306 e. The second kappa shape index (κ2) is 5.99. The Bertz CT molecular complexity index is 1070. The molecule has 0 bridgehead atoms. The van der Waals surface area contributed by atoms with Gasteiger partial charge < -0.3 is 4.98 Å². The van der Waals surface area contributed by atoms with Gasteiger partial charge in [-0.05, 0) is 37.8 Å². The number of hydrogen-bond donors (Lipinski definition) is 2. The molecule has 0 radical (unpaired) electrons. The van der Waals surface area contributed by atoms with Crippen molar-refractivity contribution in [2.24, 2.45) is 0 Å². The first kappa shape index (κ1) is 17.7. The fourth-order valence-electron chi connectivity index (χ4n) is 2.77. The van der Waals surface area contributed by atoms with E-state index >= 15 is 0 Å². The highest BCUT2D eigenvalue weighted by Gasteiger charge is 2.45. The van der Waals surface area contributed by atoms with E-state index in [1.54, 1.807) is 23.5 Å². The van der Waals surface area contributed by atoms with Gasteiger partial charge in [-0.3, -0.25) is 9.20 Å². The van der Waals surface area contributed by atoms with E-state index in [-0.39, 0.29) is 18.5 Å². The van der Waals surface area contributed by atoms with Crippen LogP contribution in [0.25, 0.3) is 16.8 Å². The predicted octanol–water partition coefficient (Wildman–Crippen LogP) is 1.68. The molecule has 3 aromatic heterocycles. The lowest BCUT2D eigenvalue weighted by Crippen LogP contribution is -2.36. The van der Waals surface area contributed by atoms with Crippen LogP contribution < -0.4 is 10.3 Å². The maximum Gasteiger partial charge on any atom is 0.511 e. The van der Waals surface area contributed by atoms with Crippen LogP contribution in [0.1, 0.15) is 24.1 Å². The van der Waals surface area contributed by atoms with E-state index < -0.39 is 15.5 Å². The zero-order valence-electron chi connectivity index (χ0n) is 13.1. The Morgan fingerprint density at radius 1 is 1.28 bits per heavy atom. The van der Waals surface area contributed by atoms with Gasteiger partial charge in [0.15, 0.2) is 0 Å². The molecule has 0 aliphatic rings. The van der Waals surface area contributed by atoms with Crippen LogP contribution in [-0.4, -0.2) is 34.8 Å². The van der Waals surface area contributed by atoms with Crippen LogP contribution in [0.15, 0.2) is 16.9 Å². The van der Waals surface area contributed by atoms with Crippen LogP contribution in [0.2, 0.25) is 0 Å². The topological polar surface area (TPSA) is 96.3 Å². The van der Waals surface area contributed by atoms with Crippen LogP contribution in [0, 0.1) is 6.92 Å². The molecule has 25 heavy (non-hydrogen) atoms. The summed E-state index contributed by atoms with van der Waals surface area (Å²) in [4.78, 5) is 19.0. The van der Waals surface area contributed by atoms with E-state index in [0.29, 0.717) is 35.3 Å². The Hall–Kier alpha value is -2.14. The summed E-state index contributed by atoms with van der Waals surface area (Å²) in [6.07, 6.45) is 1.21. The summed E-state index contributed by atoms with van der Waals surface area (Å²) in [5, 5.41) is 0. The van der Waals surface area contributed by atoms with Gasteiger partial charge in [0.2, 0.25) is 0 Å². The molecule has 7 nitrogen and oxygen atoms in total. The Kier molecular flexibility index (Phi) is 4.23. The van der Waals surface area contributed by atoms with Gasteiger partial charge in [-0.2, -0.15) is 13.2 Å². The number of hydrogen-bond acceptors (Lipinski definition) is 4. The number of halogens is 3. The third kappa shape index (κ3) is 3.09. The first-order valence-electron chi connectivity index (χ1n) is 7.50. The van der Waals surface area contributed by atoms with Crippen LogP contribution >= 0.6 is 0 Å². The Morgan fingerprint density at radius 3 is 2.68 bits per heavy atom. The minimum Gasteiger partial charge on any atom is -0.306 e. The predicted molar refractivity (Wildman–Crippen MR) is 85.2 cm³/mol. The number of rotatable bonds is 6. The molecule has 0 spiro atoms. The van der Waals surface area contributed by atoms with Crippen molar-refractivity contribution in [1.29, 1.82) is 0 Å². The van der Waals surface area contributed by atoms with E-state index in [4.69, 9.17) is 0 Å². The van der Waals surface area contributed by atoms with Crippen molar-refractivity contribution in [2.75, 3.05) is 6.54 Å². The molecule has 136 valence electrons. The van der Waals surface area contributed by atoms with Gasteiger partial charge in [-0.15, -0.1) is 0 Å². The average molecular weight is 376 g/mol. The number of aromatic amines is 1. The summed E-state index contributed by atoms with van der Waals surface area (Å²) >= 11 is 0. The molecule has 0 unspecified atom stereocenters. The summed E-state index contributed by atoms with van der Waals surface area (Å²) in [5.74, 6) is 0. The van der Waals surface area contributed by atoms with Crippen molar-refractivity contribution in [2.45, 2.75) is 31.7 Å².